The lowest BCUT2D eigenvalue weighted by atomic mass is 9.94. The van der Waals surface area contributed by atoms with Crippen LogP contribution >= 0.6 is 0 Å². The number of aromatic nitrogens is 3. The maximum Gasteiger partial charge on any atom is 0.355 e. The number of benzene rings is 3. The summed E-state index contributed by atoms with van der Waals surface area (Å²) in [6.45, 7) is 15.0. The van der Waals surface area contributed by atoms with Crippen molar-refractivity contribution in [3.05, 3.63) is 117 Å². The van der Waals surface area contributed by atoms with E-state index in [0.29, 0.717) is 69.0 Å². The van der Waals surface area contributed by atoms with E-state index in [1.165, 1.54) is 22.8 Å². The number of piperidine rings is 2. The first-order valence-electron chi connectivity index (χ1n) is 23.5. The second-order valence-corrected chi connectivity index (χ2v) is 18.7. The van der Waals surface area contributed by atoms with E-state index in [0.717, 1.165) is 22.1 Å². The number of aromatic hydroxyl groups is 1. The van der Waals surface area contributed by atoms with Crippen LogP contribution in [0, 0.1) is 18.6 Å². The molecule has 19 heteroatoms. The number of phenols is 1. The van der Waals surface area contributed by atoms with Crippen LogP contribution in [0.25, 0.3) is 28.0 Å². The molecule has 3 fully saturated rings. The number of carbonyl (C=O) groups is 5. The van der Waals surface area contributed by atoms with E-state index >= 15 is 8.78 Å². The summed E-state index contributed by atoms with van der Waals surface area (Å²) in [5, 5.41) is 19.6. The Bertz CT molecular complexity index is 3040. The Labute approximate surface area is 402 Å². The number of fused-ring (bicyclic) bond motifs is 2. The van der Waals surface area contributed by atoms with Gasteiger partial charge in [-0.1, -0.05) is 44.2 Å². The third-order valence-corrected chi connectivity index (χ3v) is 13.7. The maximum atomic E-state index is 16.3. The number of amides is 6. The minimum Gasteiger partial charge on any atom is -0.507 e. The number of imide groups is 2. The van der Waals surface area contributed by atoms with Gasteiger partial charge in [0.2, 0.25) is 11.8 Å². The number of rotatable bonds is 11. The lowest BCUT2D eigenvalue weighted by molar-refractivity contribution is -0.136. The van der Waals surface area contributed by atoms with E-state index in [4.69, 9.17) is 0 Å². The van der Waals surface area contributed by atoms with Gasteiger partial charge in [0.25, 0.3) is 11.8 Å². The zero-order valence-corrected chi connectivity index (χ0v) is 39.4. The van der Waals surface area contributed by atoms with Gasteiger partial charge in [-0.2, -0.15) is 4.98 Å². The molecule has 0 bridgehead atoms. The predicted octanol–water partition coefficient (Wildman–Crippen LogP) is 5.75. The van der Waals surface area contributed by atoms with Crippen molar-refractivity contribution in [2.24, 2.45) is 0 Å². The molecule has 4 aliphatic heterocycles. The first kappa shape index (κ1) is 47.5. The highest BCUT2D eigenvalue weighted by Crippen LogP contribution is 2.38. The zero-order valence-electron chi connectivity index (χ0n) is 39.4. The van der Waals surface area contributed by atoms with E-state index in [9.17, 15) is 33.9 Å². The normalized spacial score (nSPS) is 19.0. The summed E-state index contributed by atoms with van der Waals surface area (Å²) in [6.07, 6.45) is 2.98. The fraction of sp³-hybridized carbons (Fsp3) is 0.373. The van der Waals surface area contributed by atoms with Crippen molar-refractivity contribution < 1.29 is 37.9 Å². The maximum absolute atomic E-state index is 16.3. The SMILES string of the molecule is C=CCN1CCN(c2nc(=O)n(-c3c(C)cc(CNC(=O)N4CCC(Nc5cccc6c5C(=O)N(C5CCC(=O)NC5=O)C6=O)CC4)cc3C(C)C)c3nc(-c4c(O)cccc4F)c(F)cc23)[C@@H](C)C1. The molecule has 2 aromatic heterocycles. The molecular formula is C51H54F2N10O7. The Hall–Kier alpha value is -7.54. The molecule has 0 spiro atoms. The molecule has 0 aliphatic carbocycles. The minimum absolute atomic E-state index is 0.0196. The van der Waals surface area contributed by atoms with E-state index in [2.05, 4.69) is 37.4 Å². The molecule has 0 radical (unpaired) electrons. The molecule has 3 aromatic carbocycles. The van der Waals surface area contributed by atoms with Gasteiger partial charge in [0.15, 0.2) is 11.5 Å². The van der Waals surface area contributed by atoms with E-state index < -0.39 is 64.0 Å². The van der Waals surface area contributed by atoms with Crippen molar-refractivity contribution >= 4 is 52.2 Å². The summed E-state index contributed by atoms with van der Waals surface area (Å²) in [4.78, 5) is 95.6. The number of nitrogens with zero attached hydrogens (tertiary/aromatic N) is 7. The monoisotopic (exact) mass is 956 g/mol. The Morgan fingerprint density at radius 2 is 1.70 bits per heavy atom. The molecule has 4 N–H and O–H groups in total. The molecular weight excluding hydrogens is 903 g/mol. The fourth-order valence-electron chi connectivity index (χ4n) is 10.2. The van der Waals surface area contributed by atoms with Gasteiger partial charge < -0.3 is 25.5 Å². The number of phenolic OH excluding ortho intramolecular Hbond substituents is 1. The van der Waals surface area contributed by atoms with Crippen molar-refractivity contribution in [3.63, 3.8) is 0 Å². The number of hydrogen-bond acceptors (Lipinski definition) is 12. The Morgan fingerprint density at radius 1 is 0.943 bits per heavy atom. The zero-order chi connectivity index (χ0) is 49.7. The highest BCUT2D eigenvalue weighted by atomic mass is 19.1. The lowest BCUT2D eigenvalue weighted by Gasteiger charge is -2.40. The van der Waals surface area contributed by atoms with E-state index in [-0.39, 0.29) is 71.4 Å². The first-order chi connectivity index (χ1) is 33.5. The van der Waals surface area contributed by atoms with Crippen LogP contribution in [0.2, 0.25) is 0 Å². The molecule has 0 saturated carbocycles. The minimum atomic E-state index is -1.08. The summed E-state index contributed by atoms with van der Waals surface area (Å²) in [7, 11) is 0. The number of piperazine rings is 1. The number of urea groups is 1. The first-order valence-corrected chi connectivity index (χ1v) is 23.5. The number of aryl methyl sites for hydroxylation is 1. The standard InChI is InChI=1S/C51H54F2N10O7/c1-6-17-59-20-21-61(29(5)26-59)45-34-24-36(53)43(42-35(52)10-8-12-39(42)64)57-46(34)63(51(70)58-45)44-28(4)22-30(23-33(44)27(2)3)25-54-50(69)60-18-15-31(16-19-60)55-37-11-7-9-32-41(37)49(68)62(48(32)67)38-13-14-40(65)56-47(38)66/h6-12,22-24,27,29,31,38,55,64H,1,13-21,25-26H2,2-5H3,(H,54,69)(H,56,65,66)/t29-,38?/m0/s1. The van der Waals surface area contributed by atoms with Crippen LogP contribution in [0.15, 0.2) is 72.0 Å². The lowest BCUT2D eigenvalue weighted by Crippen LogP contribution is -2.54. The quantitative estimate of drug-likeness (QED) is 0.0925. The average Bonchev–Trinajstić information content (AvgIpc) is 3.57. The van der Waals surface area contributed by atoms with Gasteiger partial charge in [-0.3, -0.25) is 34.3 Å². The molecule has 6 heterocycles. The van der Waals surface area contributed by atoms with Crippen LogP contribution in [-0.2, 0) is 16.1 Å². The number of anilines is 2. The molecule has 3 saturated heterocycles. The fourth-order valence-corrected chi connectivity index (χ4v) is 10.2. The highest BCUT2D eigenvalue weighted by Gasteiger charge is 2.46. The highest BCUT2D eigenvalue weighted by molar-refractivity contribution is 6.25. The summed E-state index contributed by atoms with van der Waals surface area (Å²) in [6, 6.07) is 11.9. The van der Waals surface area contributed by atoms with Crippen LogP contribution in [-0.4, -0.2) is 121 Å². The predicted molar refractivity (Wildman–Crippen MR) is 258 cm³/mol. The van der Waals surface area contributed by atoms with Crippen molar-refractivity contribution in [2.75, 3.05) is 49.5 Å². The molecule has 17 nitrogen and oxygen atoms in total. The van der Waals surface area contributed by atoms with Crippen LogP contribution in [0.4, 0.5) is 25.1 Å². The second-order valence-electron chi connectivity index (χ2n) is 18.7. The number of pyridine rings is 1. The van der Waals surface area contributed by atoms with Crippen LogP contribution < -0.4 is 26.5 Å². The van der Waals surface area contributed by atoms with Gasteiger partial charge in [0, 0.05) is 70.0 Å². The summed E-state index contributed by atoms with van der Waals surface area (Å²) >= 11 is 0. The molecule has 364 valence electrons. The molecule has 9 rings (SSSR count). The van der Waals surface area contributed by atoms with Crippen molar-refractivity contribution in [1.82, 2.24) is 39.9 Å². The Kier molecular flexibility index (Phi) is 13.0. The summed E-state index contributed by atoms with van der Waals surface area (Å²) < 4.78 is 33.0. The molecule has 5 aromatic rings. The van der Waals surface area contributed by atoms with Crippen molar-refractivity contribution in [3.8, 4) is 22.7 Å². The summed E-state index contributed by atoms with van der Waals surface area (Å²) in [5.74, 6) is -4.56. The number of carbonyl (C=O) groups excluding carboxylic acids is 5. The Morgan fingerprint density at radius 3 is 2.40 bits per heavy atom. The van der Waals surface area contributed by atoms with Gasteiger partial charge in [0.05, 0.1) is 27.8 Å². The van der Waals surface area contributed by atoms with E-state index in [1.54, 1.807) is 23.1 Å². The van der Waals surface area contributed by atoms with E-state index in [1.807, 2.05) is 50.8 Å². The third-order valence-electron chi connectivity index (χ3n) is 13.7. The van der Waals surface area contributed by atoms with Gasteiger partial charge >= 0.3 is 11.7 Å². The number of halogens is 2. The second kappa shape index (κ2) is 19.1. The molecule has 2 atom stereocenters. The largest absolute Gasteiger partial charge is 0.507 e. The van der Waals surface area contributed by atoms with Gasteiger partial charge in [-0.15, -0.1) is 6.58 Å². The van der Waals surface area contributed by atoms with Crippen LogP contribution in [0.1, 0.15) is 89.8 Å². The van der Waals surface area contributed by atoms with Gasteiger partial charge in [0.1, 0.15) is 29.1 Å². The molecule has 6 amide bonds. The van der Waals surface area contributed by atoms with Gasteiger partial charge in [-0.25, -0.2) is 27.9 Å². The van der Waals surface area contributed by atoms with Crippen LogP contribution in [0.3, 0.4) is 0 Å². The van der Waals surface area contributed by atoms with Gasteiger partial charge in [-0.05, 0) is 86.1 Å². The molecule has 4 aliphatic rings. The number of nitrogens with one attached hydrogen (secondary N) is 3. The van der Waals surface area contributed by atoms with Crippen molar-refractivity contribution in [2.45, 2.75) is 84.0 Å². The average molecular weight is 957 g/mol. The number of likely N-dealkylation sites (tertiary alicyclic amines) is 1. The topological polar surface area (TPSA) is 202 Å². The van der Waals surface area contributed by atoms with Crippen molar-refractivity contribution in [1.29, 1.82) is 0 Å². The molecule has 1 unspecified atom stereocenters. The number of hydrogen-bond donors (Lipinski definition) is 4. The third kappa shape index (κ3) is 8.73. The smallest absolute Gasteiger partial charge is 0.355 e. The Balaban J connectivity index is 0.945. The van der Waals surface area contributed by atoms with Crippen LogP contribution in [0.5, 0.6) is 5.75 Å². The summed E-state index contributed by atoms with van der Waals surface area (Å²) in [5.41, 5.74) is 1.82. The molecule has 70 heavy (non-hydrogen) atoms.